The monoisotopic (exact) mass is 268 g/mol. The third-order valence-corrected chi connectivity index (χ3v) is 2.80. The van der Waals surface area contributed by atoms with Crippen molar-refractivity contribution in [2.75, 3.05) is 55.4 Å². The SMILES string of the molecule is Nc1nc(NCCCCO)nc(N2CCOCC2)n1. The first kappa shape index (κ1) is 13.8. The zero-order chi connectivity index (χ0) is 13.5. The van der Waals surface area contributed by atoms with Gasteiger partial charge in [0.2, 0.25) is 17.8 Å². The molecule has 1 aromatic rings. The molecule has 0 unspecified atom stereocenters. The van der Waals surface area contributed by atoms with Crippen molar-refractivity contribution in [3.05, 3.63) is 0 Å². The average Bonchev–Trinajstić information content (AvgIpc) is 2.44. The minimum absolute atomic E-state index is 0.194. The van der Waals surface area contributed by atoms with Gasteiger partial charge in [-0.25, -0.2) is 0 Å². The lowest BCUT2D eigenvalue weighted by Crippen LogP contribution is -2.37. The highest BCUT2D eigenvalue weighted by atomic mass is 16.5. The van der Waals surface area contributed by atoms with E-state index in [2.05, 4.69) is 20.3 Å². The van der Waals surface area contributed by atoms with Crippen molar-refractivity contribution in [1.29, 1.82) is 0 Å². The molecule has 0 amide bonds. The standard InChI is InChI=1S/C11H20N6O2/c12-9-14-10(13-3-1-2-6-18)16-11(15-9)17-4-7-19-8-5-17/h18H,1-8H2,(H3,12,13,14,15,16). The predicted molar refractivity (Wildman–Crippen MR) is 72.1 cm³/mol. The highest BCUT2D eigenvalue weighted by Crippen LogP contribution is 2.13. The zero-order valence-corrected chi connectivity index (χ0v) is 10.9. The molecule has 0 aromatic carbocycles. The van der Waals surface area contributed by atoms with Crippen LogP contribution in [0, 0.1) is 0 Å². The van der Waals surface area contributed by atoms with Gasteiger partial charge in [-0.2, -0.15) is 15.0 Å². The fourth-order valence-corrected chi connectivity index (χ4v) is 1.80. The Labute approximate surface area is 112 Å². The van der Waals surface area contributed by atoms with Gasteiger partial charge in [-0.15, -0.1) is 0 Å². The number of hydrogen-bond donors (Lipinski definition) is 3. The Balaban J connectivity index is 1.97. The Morgan fingerprint density at radius 1 is 1.21 bits per heavy atom. The summed E-state index contributed by atoms with van der Waals surface area (Å²) in [5.74, 6) is 1.27. The maximum atomic E-state index is 8.71. The van der Waals surface area contributed by atoms with Crippen LogP contribution >= 0.6 is 0 Å². The number of rotatable bonds is 6. The number of aliphatic hydroxyl groups is 1. The van der Waals surface area contributed by atoms with Gasteiger partial charge < -0.3 is 25.8 Å². The summed E-state index contributed by atoms with van der Waals surface area (Å²) >= 11 is 0. The van der Waals surface area contributed by atoms with Crippen molar-refractivity contribution in [1.82, 2.24) is 15.0 Å². The summed E-state index contributed by atoms with van der Waals surface area (Å²) in [5, 5.41) is 11.8. The van der Waals surface area contributed by atoms with Gasteiger partial charge in [-0.1, -0.05) is 0 Å². The minimum Gasteiger partial charge on any atom is -0.396 e. The van der Waals surface area contributed by atoms with E-state index in [0.717, 1.165) is 25.9 Å². The number of aromatic nitrogens is 3. The highest BCUT2D eigenvalue weighted by Gasteiger charge is 2.15. The van der Waals surface area contributed by atoms with E-state index in [-0.39, 0.29) is 12.6 Å². The van der Waals surface area contributed by atoms with Crippen LogP contribution in [0.5, 0.6) is 0 Å². The second kappa shape index (κ2) is 7.05. The van der Waals surface area contributed by atoms with Crippen LogP contribution in [-0.2, 0) is 4.74 Å². The van der Waals surface area contributed by atoms with E-state index in [1.54, 1.807) is 0 Å². The Morgan fingerprint density at radius 3 is 2.74 bits per heavy atom. The van der Waals surface area contributed by atoms with Crippen molar-refractivity contribution < 1.29 is 9.84 Å². The first-order chi connectivity index (χ1) is 9.29. The topological polar surface area (TPSA) is 109 Å². The molecule has 4 N–H and O–H groups in total. The zero-order valence-electron chi connectivity index (χ0n) is 10.9. The molecule has 106 valence electrons. The number of ether oxygens (including phenoxy) is 1. The normalized spacial score (nSPS) is 15.5. The Morgan fingerprint density at radius 2 is 2.00 bits per heavy atom. The van der Waals surface area contributed by atoms with Gasteiger partial charge in [-0.3, -0.25) is 0 Å². The van der Waals surface area contributed by atoms with Crippen LogP contribution in [0.25, 0.3) is 0 Å². The summed E-state index contributed by atoms with van der Waals surface area (Å²) in [6.07, 6.45) is 1.61. The number of nitrogen functional groups attached to an aromatic ring is 1. The molecule has 0 saturated carbocycles. The van der Waals surface area contributed by atoms with Gasteiger partial charge >= 0.3 is 0 Å². The van der Waals surface area contributed by atoms with E-state index >= 15 is 0 Å². The molecule has 2 rings (SSSR count). The smallest absolute Gasteiger partial charge is 0.232 e. The van der Waals surface area contributed by atoms with Crippen LogP contribution < -0.4 is 16.0 Å². The second-order valence-corrected chi connectivity index (χ2v) is 4.27. The molecule has 2 heterocycles. The third kappa shape index (κ3) is 4.18. The van der Waals surface area contributed by atoms with Gasteiger partial charge in [0.05, 0.1) is 13.2 Å². The molecule has 1 aliphatic rings. The molecular weight excluding hydrogens is 248 g/mol. The fourth-order valence-electron chi connectivity index (χ4n) is 1.80. The van der Waals surface area contributed by atoms with Crippen molar-refractivity contribution in [3.63, 3.8) is 0 Å². The molecule has 0 bridgehead atoms. The quantitative estimate of drug-likeness (QED) is 0.591. The van der Waals surface area contributed by atoms with Gasteiger partial charge in [0.1, 0.15) is 0 Å². The summed E-state index contributed by atoms with van der Waals surface area (Å²) in [6, 6.07) is 0. The number of hydrogen-bond acceptors (Lipinski definition) is 8. The van der Waals surface area contributed by atoms with Crippen molar-refractivity contribution >= 4 is 17.8 Å². The van der Waals surface area contributed by atoms with Crippen LogP contribution in [0.4, 0.5) is 17.8 Å². The molecule has 1 fully saturated rings. The molecule has 1 saturated heterocycles. The fraction of sp³-hybridized carbons (Fsp3) is 0.727. The molecule has 19 heavy (non-hydrogen) atoms. The lowest BCUT2D eigenvalue weighted by atomic mass is 10.3. The molecule has 8 heteroatoms. The molecule has 0 spiro atoms. The summed E-state index contributed by atoms with van der Waals surface area (Å²) in [7, 11) is 0. The highest BCUT2D eigenvalue weighted by molar-refractivity contribution is 5.42. The van der Waals surface area contributed by atoms with E-state index in [4.69, 9.17) is 15.6 Å². The van der Waals surface area contributed by atoms with E-state index in [9.17, 15) is 0 Å². The number of anilines is 3. The number of morpholine rings is 1. The molecule has 0 aliphatic carbocycles. The van der Waals surface area contributed by atoms with E-state index in [1.165, 1.54) is 0 Å². The van der Waals surface area contributed by atoms with E-state index in [0.29, 0.717) is 31.7 Å². The molecule has 0 atom stereocenters. The molecule has 1 aliphatic heterocycles. The molecular formula is C11H20N6O2. The summed E-state index contributed by atoms with van der Waals surface area (Å²) in [4.78, 5) is 14.6. The van der Waals surface area contributed by atoms with Crippen molar-refractivity contribution in [3.8, 4) is 0 Å². The van der Waals surface area contributed by atoms with Gasteiger partial charge in [-0.05, 0) is 12.8 Å². The number of nitrogens with one attached hydrogen (secondary N) is 1. The lowest BCUT2D eigenvalue weighted by molar-refractivity contribution is 0.122. The van der Waals surface area contributed by atoms with Crippen LogP contribution in [0.15, 0.2) is 0 Å². The maximum absolute atomic E-state index is 8.71. The molecule has 0 radical (unpaired) electrons. The minimum atomic E-state index is 0.194. The average molecular weight is 268 g/mol. The van der Waals surface area contributed by atoms with Gasteiger partial charge in [0.25, 0.3) is 0 Å². The summed E-state index contributed by atoms with van der Waals surface area (Å²) < 4.78 is 5.29. The first-order valence-electron chi connectivity index (χ1n) is 6.48. The number of nitrogens with two attached hydrogens (primary N) is 1. The summed E-state index contributed by atoms with van der Waals surface area (Å²) in [6.45, 7) is 3.75. The third-order valence-electron chi connectivity index (χ3n) is 2.80. The van der Waals surface area contributed by atoms with Crippen molar-refractivity contribution in [2.45, 2.75) is 12.8 Å². The second-order valence-electron chi connectivity index (χ2n) is 4.27. The summed E-state index contributed by atoms with van der Waals surface area (Å²) in [5.41, 5.74) is 5.70. The Hall–Kier alpha value is -1.67. The van der Waals surface area contributed by atoms with Crippen LogP contribution in [0.3, 0.4) is 0 Å². The molecule has 1 aromatic heterocycles. The van der Waals surface area contributed by atoms with Gasteiger partial charge in [0.15, 0.2) is 0 Å². The molecule has 8 nitrogen and oxygen atoms in total. The van der Waals surface area contributed by atoms with Gasteiger partial charge in [0, 0.05) is 26.2 Å². The number of unbranched alkanes of at least 4 members (excludes halogenated alkanes) is 1. The largest absolute Gasteiger partial charge is 0.396 e. The predicted octanol–water partition coefficient (Wildman–Crippen LogP) is -0.525. The number of nitrogens with zero attached hydrogens (tertiary/aromatic N) is 4. The first-order valence-corrected chi connectivity index (χ1v) is 6.48. The number of aliphatic hydroxyl groups excluding tert-OH is 1. The van der Waals surface area contributed by atoms with Crippen molar-refractivity contribution in [2.24, 2.45) is 0 Å². The maximum Gasteiger partial charge on any atom is 0.232 e. The Bertz CT molecular complexity index is 397. The Kier molecular flexibility index (Phi) is 5.10. The van der Waals surface area contributed by atoms with Crippen LogP contribution in [-0.4, -0.2) is 59.5 Å². The lowest BCUT2D eigenvalue weighted by Gasteiger charge is -2.26. The van der Waals surface area contributed by atoms with Crippen LogP contribution in [0.1, 0.15) is 12.8 Å². The van der Waals surface area contributed by atoms with E-state index < -0.39 is 0 Å². The van der Waals surface area contributed by atoms with Crippen LogP contribution in [0.2, 0.25) is 0 Å². The van der Waals surface area contributed by atoms with E-state index in [1.807, 2.05) is 4.90 Å².